The molecule has 1 N–H and O–H groups in total. The average molecular weight is 251 g/mol. The van der Waals surface area contributed by atoms with Crippen molar-refractivity contribution in [1.82, 2.24) is 5.32 Å². The highest BCUT2D eigenvalue weighted by atomic mass is 32.2. The van der Waals surface area contributed by atoms with Crippen LogP contribution >= 0.6 is 11.8 Å². The molecule has 0 saturated heterocycles. The molecule has 0 fully saturated rings. The molecule has 0 amide bonds. The van der Waals surface area contributed by atoms with Crippen LogP contribution in [0.5, 0.6) is 0 Å². The Morgan fingerprint density at radius 1 is 1.18 bits per heavy atom. The van der Waals surface area contributed by atoms with Crippen molar-refractivity contribution in [2.45, 2.75) is 44.9 Å². The lowest BCUT2D eigenvalue weighted by Gasteiger charge is -2.11. The molecule has 1 aromatic rings. The van der Waals surface area contributed by atoms with Crippen molar-refractivity contribution in [3.05, 3.63) is 35.9 Å². The number of thioether (sulfide) groups is 1. The first-order valence-corrected chi connectivity index (χ1v) is 7.83. The summed E-state index contributed by atoms with van der Waals surface area (Å²) in [6.07, 6.45) is 3.99. The van der Waals surface area contributed by atoms with Crippen LogP contribution in [0.4, 0.5) is 0 Å². The molecule has 1 atom stereocenters. The Morgan fingerprint density at radius 3 is 2.65 bits per heavy atom. The Kier molecular flexibility index (Phi) is 8.20. The second-order valence-electron chi connectivity index (χ2n) is 4.49. The summed E-state index contributed by atoms with van der Waals surface area (Å²) in [7, 11) is 0. The van der Waals surface area contributed by atoms with E-state index in [1.54, 1.807) is 0 Å². The van der Waals surface area contributed by atoms with Gasteiger partial charge < -0.3 is 5.32 Å². The summed E-state index contributed by atoms with van der Waals surface area (Å²) in [6, 6.07) is 11.4. The van der Waals surface area contributed by atoms with E-state index in [2.05, 4.69) is 61.3 Å². The van der Waals surface area contributed by atoms with Crippen molar-refractivity contribution < 1.29 is 0 Å². The number of rotatable bonds is 9. The molecule has 0 aliphatic carbocycles. The molecule has 0 aromatic heterocycles. The third-order valence-electron chi connectivity index (χ3n) is 2.84. The first-order chi connectivity index (χ1) is 8.33. The molecule has 0 radical (unpaired) electrons. The van der Waals surface area contributed by atoms with Crippen LogP contribution in [0.3, 0.4) is 0 Å². The molecule has 1 aromatic carbocycles. The number of nitrogens with one attached hydrogen (secondary N) is 1. The summed E-state index contributed by atoms with van der Waals surface area (Å²) >= 11 is 2.05. The fraction of sp³-hybridized carbons (Fsp3) is 0.600. The zero-order valence-corrected chi connectivity index (χ0v) is 11.9. The van der Waals surface area contributed by atoms with Crippen LogP contribution in [0.2, 0.25) is 0 Å². The van der Waals surface area contributed by atoms with Crippen molar-refractivity contribution in [2.75, 3.05) is 12.3 Å². The van der Waals surface area contributed by atoms with Crippen LogP contribution in [0.1, 0.15) is 38.7 Å². The van der Waals surface area contributed by atoms with Crippen molar-refractivity contribution in [2.24, 2.45) is 0 Å². The van der Waals surface area contributed by atoms with Gasteiger partial charge in [0.25, 0.3) is 0 Å². The van der Waals surface area contributed by atoms with Gasteiger partial charge in [0, 0.05) is 11.8 Å². The maximum Gasteiger partial charge on any atom is 0.0184 e. The molecule has 2 heteroatoms. The molecular formula is C15H25NS. The summed E-state index contributed by atoms with van der Waals surface area (Å²) in [4.78, 5) is 0. The van der Waals surface area contributed by atoms with Gasteiger partial charge in [-0.05, 0) is 37.6 Å². The minimum atomic E-state index is 0.680. The van der Waals surface area contributed by atoms with Crippen molar-refractivity contribution in [1.29, 1.82) is 0 Å². The Bertz CT molecular complexity index is 274. The molecule has 0 spiro atoms. The lowest BCUT2D eigenvalue weighted by Crippen LogP contribution is -2.25. The number of benzene rings is 1. The fourth-order valence-corrected chi connectivity index (χ4v) is 2.85. The van der Waals surface area contributed by atoms with Crippen LogP contribution in [0, 0.1) is 0 Å². The maximum absolute atomic E-state index is 3.46. The van der Waals surface area contributed by atoms with Crippen LogP contribution in [-0.2, 0) is 5.75 Å². The van der Waals surface area contributed by atoms with E-state index >= 15 is 0 Å². The maximum atomic E-state index is 3.46. The highest BCUT2D eigenvalue weighted by Gasteiger charge is 1.99. The van der Waals surface area contributed by atoms with E-state index in [1.165, 1.54) is 30.6 Å². The molecule has 0 bridgehead atoms. The van der Waals surface area contributed by atoms with E-state index in [0.717, 1.165) is 12.3 Å². The molecular weight excluding hydrogens is 226 g/mol. The summed E-state index contributed by atoms with van der Waals surface area (Å²) in [5, 5.41) is 3.46. The monoisotopic (exact) mass is 251 g/mol. The Balaban J connectivity index is 1.95. The molecule has 0 heterocycles. The van der Waals surface area contributed by atoms with Crippen LogP contribution in [-0.4, -0.2) is 18.3 Å². The molecule has 96 valence electrons. The molecule has 0 aliphatic rings. The second kappa shape index (κ2) is 9.55. The van der Waals surface area contributed by atoms with Gasteiger partial charge in [-0.3, -0.25) is 0 Å². The van der Waals surface area contributed by atoms with Crippen molar-refractivity contribution >= 4 is 11.8 Å². The zero-order valence-electron chi connectivity index (χ0n) is 11.1. The quantitative estimate of drug-likeness (QED) is 0.664. The van der Waals surface area contributed by atoms with Gasteiger partial charge in [-0.15, -0.1) is 0 Å². The molecule has 1 rings (SSSR count). The van der Waals surface area contributed by atoms with E-state index in [9.17, 15) is 0 Å². The van der Waals surface area contributed by atoms with Gasteiger partial charge in [0.1, 0.15) is 0 Å². The van der Waals surface area contributed by atoms with Gasteiger partial charge in [-0.25, -0.2) is 0 Å². The van der Waals surface area contributed by atoms with Crippen LogP contribution in [0.15, 0.2) is 30.3 Å². The van der Waals surface area contributed by atoms with Gasteiger partial charge in [0.2, 0.25) is 0 Å². The van der Waals surface area contributed by atoms with Crippen molar-refractivity contribution in [3.63, 3.8) is 0 Å². The Morgan fingerprint density at radius 2 is 1.94 bits per heavy atom. The minimum Gasteiger partial charge on any atom is -0.315 e. The van der Waals surface area contributed by atoms with Gasteiger partial charge in [-0.1, -0.05) is 43.7 Å². The third kappa shape index (κ3) is 7.45. The second-order valence-corrected chi connectivity index (χ2v) is 5.60. The van der Waals surface area contributed by atoms with Crippen molar-refractivity contribution in [3.8, 4) is 0 Å². The summed E-state index contributed by atoms with van der Waals surface area (Å²) in [5.41, 5.74) is 1.44. The largest absolute Gasteiger partial charge is 0.315 e. The van der Waals surface area contributed by atoms with E-state index < -0.39 is 0 Å². The molecule has 1 unspecified atom stereocenters. The molecule has 17 heavy (non-hydrogen) atoms. The normalized spacial score (nSPS) is 12.6. The molecule has 0 saturated carbocycles. The summed E-state index contributed by atoms with van der Waals surface area (Å²) in [6.45, 7) is 5.54. The number of hydrogen-bond acceptors (Lipinski definition) is 2. The fourth-order valence-electron chi connectivity index (χ4n) is 1.87. The standard InChI is InChI=1S/C15H25NS/c1-3-16-14(2)9-7-8-12-17-13-15-10-5-4-6-11-15/h4-6,10-11,14,16H,3,7-9,12-13H2,1-2H3. The zero-order chi connectivity index (χ0) is 12.3. The van der Waals surface area contributed by atoms with Gasteiger partial charge >= 0.3 is 0 Å². The van der Waals surface area contributed by atoms with E-state index in [-0.39, 0.29) is 0 Å². The smallest absolute Gasteiger partial charge is 0.0184 e. The highest BCUT2D eigenvalue weighted by Crippen LogP contribution is 2.14. The SMILES string of the molecule is CCNC(C)CCCCSCc1ccccc1. The predicted molar refractivity (Wildman–Crippen MR) is 79.6 cm³/mol. The van der Waals surface area contributed by atoms with E-state index in [0.29, 0.717) is 6.04 Å². The summed E-state index contributed by atoms with van der Waals surface area (Å²) < 4.78 is 0. The van der Waals surface area contributed by atoms with Crippen LogP contribution in [0.25, 0.3) is 0 Å². The minimum absolute atomic E-state index is 0.680. The highest BCUT2D eigenvalue weighted by molar-refractivity contribution is 7.98. The molecule has 1 nitrogen and oxygen atoms in total. The van der Waals surface area contributed by atoms with Gasteiger partial charge in [-0.2, -0.15) is 11.8 Å². The lowest BCUT2D eigenvalue weighted by atomic mass is 10.1. The Hall–Kier alpha value is -0.470. The molecule has 0 aliphatic heterocycles. The van der Waals surface area contributed by atoms with E-state index in [1.807, 2.05) is 0 Å². The van der Waals surface area contributed by atoms with E-state index in [4.69, 9.17) is 0 Å². The number of hydrogen-bond donors (Lipinski definition) is 1. The first kappa shape index (κ1) is 14.6. The topological polar surface area (TPSA) is 12.0 Å². The Labute approximate surface area is 110 Å². The lowest BCUT2D eigenvalue weighted by molar-refractivity contribution is 0.510. The summed E-state index contributed by atoms with van der Waals surface area (Å²) in [5.74, 6) is 2.44. The third-order valence-corrected chi connectivity index (χ3v) is 3.95. The predicted octanol–water partition coefficient (Wildman–Crippen LogP) is 4.09. The van der Waals surface area contributed by atoms with Gasteiger partial charge in [0.15, 0.2) is 0 Å². The number of unbranched alkanes of at least 4 members (excludes halogenated alkanes) is 1. The van der Waals surface area contributed by atoms with Crippen LogP contribution < -0.4 is 5.32 Å². The van der Waals surface area contributed by atoms with Gasteiger partial charge in [0.05, 0.1) is 0 Å². The average Bonchev–Trinajstić information content (AvgIpc) is 2.35. The first-order valence-electron chi connectivity index (χ1n) is 6.68.